The Hall–Kier alpha value is -1.88. The number of piperidine rings is 1. The number of carboxylic acid groups (broad SMARTS) is 1. The van der Waals surface area contributed by atoms with Gasteiger partial charge in [0.05, 0.1) is 23.3 Å². The number of fused-ring (bicyclic) bond motifs is 1. The van der Waals surface area contributed by atoms with Crippen molar-refractivity contribution in [3.8, 4) is 0 Å². The van der Waals surface area contributed by atoms with E-state index in [1.54, 1.807) is 18.3 Å². The largest absolute Gasteiger partial charge is 0.478 e. The van der Waals surface area contributed by atoms with E-state index >= 15 is 0 Å². The molecule has 5 heteroatoms. The van der Waals surface area contributed by atoms with Crippen LogP contribution in [-0.2, 0) is 0 Å². The molecule has 2 aromatic rings. The Balaban J connectivity index is 2.01. The van der Waals surface area contributed by atoms with E-state index in [4.69, 9.17) is 5.11 Å². The summed E-state index contributed by atoms with van der Waals surface area (Å²) in [6, 6.07) is 3.66. The van der Waals surface area contributed by atoms with Crippen molar-refractivity contribution in [3.63, 3.8) is 0 Å². The SMILES string of the molecule is CCN1CCCCC1c1ncc2cc(C(=O)O)ccn12. The molecule has 2 aromatic heterocycles. The van der Waals surface area contributed by atoms with Crippen molar-refractivity contribution >= 4 is 11.5 Å². The highest BCUT2D eigenvalue weighted by molar-refractivity contribution is 5.88. The van der Waals surface area contributed by atoms with Gasteiger partial charge in [-0.2, -0.15) is 0 Å². The standard InChI is InChI=1S/C15H19N3O2/c1-2-17-7-4-3-5-13(17)14-16-10-12-9-11(15(19)20)6-8-18(12)14/h6,8-10,13H,2-5,7H2,1H3,(H,19,20). The molecule has 3 heterocycles. The maximum Gasteiger partial charge on any atom is 0.335 e. The molecule has 0 amide bonds. The third-order valence-corrected chi connectivity index (χ3v) is 4.13. The molecule has 0 bridgehead atoms. The summed E-state index contributed by atoms with van der Waals surface area (Å²) in [7, 11) is 0. The normalized spacial score (nSPS) is 20.4. The lowest BCUT2D eigenvalue weighted by molar-refractivity contribution is 0.0697. The minimum atomic E-state index is -0.900. The Labute approximate surface area is 117 Å². The van der Waals surface area contributed by atoms with Gasteiger partial charge in [-0.25, -0.2) is 9.78 Å². The van der Waals surface area contributed by atoms with Crippen molar-refractivity contribution in [1.82, 2.24) is 14.3 Å². The van der Waals surface area contributed by atoms with Gasteiger partial charge in [0.15, 0.2) is 0 Å². The summed E-state index contributed by atoms with van der Waals surface area (Å²) in [5, 5.41) is 9.04. The molecule has 5 nitrogen and oxygen atoms in total. The number of pyridine rings is 1. The Bertz CT molecular complexity index is 635. The first kappa shape index (κ1) is 13.1. The zero-order valence-electron chi connectivity index (χ0n) is 11.6. The minimum absolute atomic E-state index is 0.306. The summed E-state index contributed by atoms with van der Waals surface area (Å²) >= 11 is 0. The van der Waals surface area contributed by atoms with Crippen molar-refractivity contribution in [2.24, 2.45) is 0 Å². The molecule has 3 rings (SSSR count). The highest BCUT2D eigenvalue weighted by Gasteiger charge is 2.26. The molecule has 1 fully saturated rings. The maximum absolute atomic E-state index is 11.0. The molecular weight excluding hydrogens is 254 g/mol. The quantitative estimate of drug-likeness (QED) is 0.933. The van der Waals surface area contributed by atoms with Crippen LogP contribution in [0.4, 0.5) is 0 Å². The number of nitrogens with zero attached hydrogens (tertiary/aromatic N) is 3. The molecular formula is C15H19N3O2. The van der Waals surface area contributed by atoms with Crippen LogP contribution in [0.5, 0.6) is 0 Å². The fourth-order valence-electron chi connectivity index (χ4n) is 3.06. The van der Waals surface area contributed by atoms with Gasteiger partial charge in [-0.1, -0.05) is 13.3 Å². The molecule has 0 aromatic carbocycles. The van der Waals surface area contributed by atoms with E-state index in [1.807, 2.05) is 10.6 Å². The van der Waals surface area contributed by atoms with Crippen LogP contribution in [0.25, 0.3) is 5.52 Å². The van der Waals surface area contributed by atoms with Crippen molar-refractivity contribution in [2.45, 2.75) is 32.2 Å². The average molecular weight is 273 g/mol. The fraction of sp³-hybridized carbons (Fsp3) is 0.467. The second-order valence-corrected chi connectivity index (χ2v) is 5.27. The Morgan fingerprint density at radius 1 is 1.50 bits per heavy atom. The predicted octanol–water partition coefficient (Wildman–Crippen LogP) is 2.58. The van der Waals surface area contributed by atoms with Gasteiger partial charge in [-0.15, -0.1) is 0 Å². The number of rotatable bonds is 3. The molecule has 1 atom stereocenters. The van der Waals surface area contributed by atoms with Crippen molar-refractivity contribution in [3.05, 3.63) is 35.9 Å². The Morgan fingerprint density at radius 2 is 2.35 bits per heavy atom. The maximum atomic E-state index is 11.0. The van der Waals surface area contributed by atoms with E-state index < -0.39 is 5.97 Å². The van der Waals surface area contributed by atoms with Crippen molar-refractivity contribution < 1.29 is 9.90 Å². The topological polar surface area (TPSA) is 57.8 Å². The number of carboxylic acids is 1. The third kappa shape index (κ3) is 2.18. The first-order chi connectivity index (χ1) is 9.70. The van der Waals surface area contributed by atoms with Gasteiger partial charge >= 0.3 is 5.97 Å². The molecule has 1 unspecified atom stereocenters. The smallest absolute Gasteiger partial charge is 0.335 e. The lowest BCUT2D eigenvalue weighted by Gasteiger charge is -2.33. The molecule has 0 aliphatic carbocycles. The minimum Gasteiger partial charge on any atom is -0.478 e. The van der Waals surface area contributed by atoms with Crippen molar-refractivity contribution in [2.75, 3.05) is 13.1 Å². The highest BCUT2D eigenvalue weighted by atomic mass is 16.4. The number of hydrogen-bond acceptors (Lipinski definition) is 3. The third-order valence-electron chi connectivity index (χ3n) is 4.13. The second-order valence-electron chi connectivity index (χ2n) is 5.27. The molecule has 0 spiro atoms. The van der Waals surface area contributed by atoms with Crippen LogP contribution < -0.4 is 0 Å². The van der Waals surface area contributed by atoms with E-state index in [9.17, 15) is 4.79 Å². The molecule has 0 radical (unpaired) electrons. The average Bonchev–Trinajstić information content (AvgIpc) is 2.89. The summed E-state index contributed by atoms with van der Waals surface area (Å²) in [5.41, 5.74) is 1.15. The van der Waals surface area contributed by atoms with Crippen LogP contribution in [0.3, 0.4) is 0 Å². The first-order valence-corrected chi connectivity index (χ1v) is 7.15. The van der Waals surface area contributed by atoms with Gasteiger partial charge in [-0.3, -0.25) is 4.90 Å². The monoisotopic (exact) mass is 273 g/mol. The van der Waals surface area contributed by atoms with Crippen LogP contribution >= 0.6 is 0 Å². The summed E-state index contributed by atoms with van der Waals surface area (Å²) in [6.45, 7) is 4.31. The number of likely N-dealkylation sites (tertiary alicyclic amines) is 1. The number of carbonyl (C=O) groups is 1. The van der Waals surface area contributed by atoms with Crippen molar-refractivity contribution in [1.29, 1.82) is 0 Å². The van der Waals surface area contributed by atoms with E-state index in [0.717, 1.165) is 30.9 Å². The Kier molecular flexibility index (Phi) is 3.44. The zero-order valence-corrected chi connectivity index (χ0v) is 11.6. The molecule has 0 saturated carbocycles. The second kappa shape index (κ2) is 5.25. The van der Waals surface area contributed by atoms with Gasteiger partial charge in [0, 0.05) is 6.20 Å². The summed E-state index contributed by atoms with van der Waals surface area (Å²) in [4.78, 5) is 18.0. The van der Waals surface area contributed by atoms with Gasteiger partial charge in [0.1, 0.15) is 5.82 Å². The fourth-order valence-corrected chi connectivity index (χ4v) is 3.06. The van der Waals surface area contributed by atoms with Gasteiger partial charge < -0.3 is 9.51 Å². The van der Waals surface area contributed by atoms with E-state index in [0.29, 0.717) is 11.6 Å². The molecule has 1 saturated heterocycles. The first-order valence-electron chi connectivity index (χ1n) is 7.15. The van der Waals surface area contributed by atoms with Crippen LogP contribution in [-0.4, -0.2) is 38.4 Å². The lowest BCUT2D eigenvalue weighted by atomic mass is 10.0. The van der Waals surface area contributed by atoms with E-state index in [1.165, 1.54) is 12.8 Å². The summed E-state index contributed by atoms with van der Waals surface area (Å²) < 4.78 is 2.02. The zero-order chi connectivity index (χ0) is 14.1. The Morgan fingerprint density at radius 3 is 3.10 bits per heavy atom. The predicted molar refractivity (Wildman–Crippen MR) is 76.0 cm³/mol. The number of imidazole rings is 1. The molecule has 1 N–H and O–H groups in total. The summed E-state index contributed by atoms with van der Waals surface area (Å²) in [5.74, 6) is 0.126. The molecule has 1 aliphatic heterocycles. The molecule has 1 aliphatic rings. The lowest BCUT2D eigenvalue weighted by Crippen LogP contribution is -2.34. The molecule has 20 heavy (non-hydrogen) atoms. The van der Waals surface area contributed by atoms with Gasteiger partial charge in [0.2, 0.25) is 0 Å². The van der Waals surface area contributed by atoms with Gasteiger partial charge in [0.25, 0.3) is 0 Å². The number of aromatic nitrogens is 2. The number of hydrogen-bond donors (Lipinski definition) is 1. The van der Waals surface area contributed by atoms with E-state index in [2.05, 4.69) is 16.8 Å². The number of aromatic carboxylic acids is 1. The van der Waals surface area contributed by atoms with Crippen LogP contribution in [0.15, 0.2) is 24.5 Å². The van der Waals surface area contributed by atoms with Crippen LogP contribution in [0, 0.1) is 0 Å². The molecule has 106 valence electrons. The highest BCUT2D eigenvalue weighted by Crippen LogP contribution is 2.30. The van der Waals surface area contributed by atoms with Gasteiger partial charge in [-0.05, 0) is 38.1 Å². The summed E-state index contributed by atoms with van der Waals surface area (Å²) in [6.07, 6.45) is 7.18. The van der Waals surface area contributed by atoms with E-state index in [-0.39, 0.29) is 0 Å². The van der Waals surface area contributed by atoms with Crippen LogP contribution in [0.1, 0.15) is 48.4 Å². The van der Waals surface area contributed by atoms with Crippen LogP contribution in [0.2, 0.25) is 0 Å².